The second-order valence-electron chi connectivity index (χ2n) is 8.56. The van der Waals surface area contributed by atoms with E-state index in [1.165, 1.54) is 11.3 Å². The van der Waals surface area contributed by atoms with Gasteiger partial charge < -0.3 is 16.0 Å². The van der Waals surface area contributed by atoms with Gasteiger partial charge in [0, 0.05) is 35.8 Å². The number of fused-ring (bicyclic) bond motifs is 1. The van der Waals surface area contributed by atoms with Crippen LogP contribution in [0, 0.1) is 17.8 Å². The summed E-state index contributed by atoms with van der Waals surface area (Å²) in [5.41, 5.74) is 0.740. The molecule has 0 saturated heterocycles. The molecule has 1 unspecified atom stereocenters. The highest BCUT2D eigenvalue weighted by Crippen LogP contribution is 2.65. The van der Waals surface area contributed by atoms with E-state index in [1.54, 1.807) is 41.9 Å². The topological polar surface area (TPSA) is 117 Å². The molecule has 11 heteroatoms. The average Bonchev–Trinajstić information content (AvgIpc) is 3.32. The monoisotopic (exact) mass is 490 g/mol. The maximum atomic E-state index is 13.3. The Balaban J connectivity index is 1.31. The molecule has 2 aromatic rings. The van der Waals surface area contributed by atoms with Gasteiger partial charge >= 0.3 is 0 Å². The molecular formula is C23H24F2N4O4S. The van der Waals surface area contributed by atoms with Gasteiger partial charge in [0.05, 0.1) is 13.1 Å². The van der Waals surface area contributed by atoms with Crippen molar-refractivity contribution in [3.05, 3.63) is 52.5 Å². The van der Waals surface area contributed by atoms with Crippen molar-refractivity contribution in [3.63, 3.8) is 0 Å². The molecule has 2 saturated carbocycles. The third kappa shape index (κ3) is 5.46. The molecule has 0 bridgehead atoms. The average molecular weight is 491 g/mol. The second kappa shape index (κ2) is 9.96. The number of nitrogens with zero attached hydrogens (tertiary/aromatic N) is 1. The van der Waals surface area contributed by atoms with Gasteiger partial charge in [-0.15, -0.1) is 11.3 Å². The van der Waals surface area contributed by atoms with Crippen LogP contribution in [0.3, 0.4) is 0 Å². The number of alkyl halides is 2. The molecule has 34 heavy (non-hydrogen) atoms. The van der Waals surface area contributed by atoms with E-state index in [4.69, 9.17) is 0 Å². The second-order valence-corrected chi connectivity index (χ2v) is 9.54. The summed E-state index contributed by atoms with van der Waals surface area (Å²) in [6.07, 6.45) is 1.89. The van der Waals surface area contributed by atoms with Crippen LogP contribution in [0.1, 0.15) is 23.4 Å². The zero-order valence-corrected chi connectivity index (χ0v) is 18.9. The smallest absolute Gasteiger partial charge is 0.289 e. The molecule has 4 rings (SSSR count). The molecule has 2 fully saturated rings. The van der Waals surface area contributed by atoms with Crippen molar-refractivity contribution in [2.75, 3.05) is 6.54 Å². The lowest BCUT2D eigenvalue weighted by molar-refractivity contribution is -0.140. The Bertz CT molecular complexity index is 1050. The van der Waals surface area contributed by atoms with Gasteiger partial charge in [-0.2, -0.15) is 0 Å². The lowest BCUT2D eigenvalue weighted by Gasteiger charge is -2.19. The van der Waals surface area contributed by atoms with Crippen LogP contribution >= 0.6 is 11.3 Å². The summed E-state index contributed by atoms with van der Waals surface area (Å²) >= 11 is 1.33. The molecule has 4 atom stereocenters. The van der Waals surface area contributed by atoms with Crippen LogP contribution < -0.4 is 16.0 Å². The van der Waals surface area contributed by atoms with E-state index in [0.717, 1.165) is 5.56 Å². The first-order valence-electron chi connectivity index (χ1n) is 10.9. The number of Topliss-reactive ketones (excluding diaryl/α,β-unsaturated/α-hetero) is 1. The molecule has 1 aromatic carbocycles. The third-order valence-electron chi connectivity index (χ3n) is 6.28. The Labute approximate surface area is 198 Å². The molecule has 2 aliphatic rings. The first-order valence-corrected chi connectivity index (χ1v) is 11.8. The summed E-state index contributed by atoms with van der Waals surface area (Å²) in [7, 11) is 0. The fourth-order valence-corrected chi connectivity index (χ4v) is 4.94. The summed E-state index contributed by atoms with van der Waals surface area (Å²) in [4.78, 5) is 54.0. The van der Waals surface area contributed by atoms with E-state index in [9.17, 15) is 28.0 Å². The van der Waals surface area contributed by atoms with Gasteiger partial charge in [-0.25, -0.2) is 13.8 Å². The first kappa shape index (κ1) is 23.9. The molecule has 1 aromatic heterocycles. The van der Waals surface area contributed by atoms with Crippen LogP contribution in [0.5, 0.6) is 0 Å². The van der Waals surface area contributed by atoms with Crippen molar-refractivity contribution in [2.24, 2.45) is 17.8 Å². The Morgan fingerprint density at radius 2 is 1.79 bits per heavy atom. The maximum absolute atomic E-state index is 13.3. The number of hydrogen-bond donors (Lipinski definition) is 3. The number of benzene rings is 1. The van der Waals surface area contributed by atoms with Crippen LogP contribution in [0.4, 0.5) is 8.78 Å². The SMILES string of the molecule is O=C(CNC(=O)C1C[C@@H]2[C@H](C1)C2(F)F)N[C@H](Cc1ccccc1)C(=O)C(=O)NCc1nccs1. The van der Waals surface area contributed by atoms with Gasteiger partial charge in [-0.1, -0.05) is 30.3 Å². The van der Waals surface area contributed by atoms with Gasteiger partial charge in [0.25, 0.3) is 11.8 Å². The number of carbonyl (C=O) groups is 4. The van der Waals surface area contributed by atoms with E-state index < -0.39 is 59.8 Å². The quantitative estimate of drug-likeness (QED) is 0.436. The van der Waals surface area contributed by atoms with Crippen LogP contribution in [0.15, 0.2) is 41.9 Å². The number of amides is 3. The molecular weight excluding hydrogens is 466 g/mol. The van der Waals surface area contributed by atoms with E-state index in [0.29, 0.717) is 5.01 Å². The number of halogens is 2. The lowest BCUT2D eigenvalue weighted by Crippen LogP contribution is -2.51. The highest BCUT2D eigenvalue weighted by atomic mass is 32.1. The van der Waals surface area contributed by atoms with Crippen molar-refractivity contribution in [1.29, 1.82) is 0 Å². The predicted octanol–water partition coefficient (Wildman–Crippen LogP) is 1.46. The number of thiazole rings is 1. The van der Waals surface area contributed by atoms with Crippen molar-refractivity contribution in [1.82, 2.24) is 20.9 Å². The highest BCUT2D eigenvalue weighted by Gasteiger charge is 2.72. The summed E-state index contributed by atoms with van der Waals surface area (Å²) < 4.78 is 26.7. The fraction of sp³-hybridized carbons (Fsp3) is 0.435. The molecule has 3 amide bonds. The van der Waals surface area contributed by atoms with Crippen molar-refractivity contribution in [2.45, 2.75) is 37.8 Å². The van der Waals surface area contributed by atoms with E-state index in [2.05, 4.69) is 20.9 Å². The number of ketones is 1. The number of nitrogens with one attached hydrogen (secondary N) is 3. The zero-order chi connectivity index (χ0) is 24.3. The Morgan fingerprint density at radius 1 is 1.09 bits per heavy atom. The normalized spacial score (nSPS) is 22.8. The fourth-order valence-electron chi connectivity index (χ4n) is 4.38. The van der Waals surface area contributed by atoms with Crippen LogP contribution in [-0.4, -0.2) is 47.0 Å². The van der Waals surface area contributed by atoms with Gasteiger partial charge in [0.2, 0.25) is 17.6 Å². The number of carbonyl (C=O) groups excluding carboxylic acids is 4. The third-order valence-corrected chi connectivity index (χ3v) is 7.06. The van der Waals surface area contributed by atoms with Crippen LogP contribution in [0.25, 0.3) is 0 Å². The predicted molar refractivity (Wildman–Crippen MR) is 119 cm³/mol. The molecule has 1 heterocycles. The van der Waals surface area contributed by atoms with E-state index >= 15 is 0 Å². The van der Waals surface area contributed by atoms with E-state index in [-0.39, 0.29) is 25.8 Å². The molecule has 180 valence electrons. The Kier molecular flexibility index (Phi) is 7.01. The molecule has 0 spiro atoms. The first-order chi connectivity index (χ1) is 16.3. The molecule has 0 radical (unpaired) electrons. The minimum absolute atomic E-state index is 0.0884. The number of aromatic nitrogens is 1. The maximum Gasteiger partial charge on any atom is 0.289 e. The molecule has 2 aliphatic carbocycles. The lowest BCUT2D eigenvalue weighted by atomic mass is 10.0. The minimum atomic E-state index is -2.67. The van der Waals surface area contributed by atoms with Gasteiger partial charge in [-0.3, -0.25) is 19.2 Å². The molecule has 8 nitrogen and oxygen atoms in total. The van der Waals surface area contributed by atoms with Gasteiger partial charge in [0.15, 0.2) is 0 Å². The van der Waals surface area contributed by atoms with E-state index in [1.807, 2.05) is 0 Å². The Morgan fingerprint density at radius 3 is 2.44 bits per heavy atom. The summed E-state index contributed by atoms with van der Waals surface area (Å²) in [5.74, 6) is -7.47. The highest BCUT2D eigenvalue weighted by molar-refractivity contribution is 7.09. The van der Waals surface area contributed by atoms with Crippen molar-refractivity contribution >= 4 is 34.8 Å². The Hall–Kier alpha value is -3.21. The van der Waals surface area contributed by atoms with Gasteiger partial charge in [0.1, 0.15) is 11.0 Å². The molecule has 3 N–H and O–H groups in total. The van der Waals surface area contributed by atoms with Crippen molar-refractivity contribution < 1.29 is 28.0 Å². The summed E-state index contributed by atoms with van der Waals surface area (Å²) in [5, 5.41) is 9.86. The largest absolute Gasteiger partial charge is 0.347 e. The summed E-state index contributed by atoms with van der Waals surface area (Å²) in [6, 6.07) is 7.75. The van der Waals surface area contributed by atoms with Crippen LogP contribution in [0.2, 0.25) is 0 Å². The standard InChI is InChI=1S/C23H24F2N4O4S/c24-23(25)15-9-14(10-16(15)23)21(32)27-11-18(30)29-17(8-13-4-2-1-3-5-13)20(31)22(33)28-12-19-26-6-7-34-19/h1-7,14-17H,8-12H2,(H,27,32)(H,28,33)(H,29,30)/t14?,15-,16+,17-/m1/s1. The summed E-state index contributed by atoms with van der Waals surface area (Å²) in [6.45, 7) is -0.326. The van der Waals surface area contributed by atoms with Crippen molar-refractivity contribution in [3.8, 4) is 0 Å². The zero-order valence-electron chi connectivity index (χ0n) is 18.1. The number of hydrogen-bond acceptors (Lipinski definition) is 6. The van der Waals surface area contributed by atoms with Gasteiger partial charge in [-0.05, 0) is 18.4 Å². The molecule has 0 aliphatic heterocycles. The van der Waals surface area contributed by atoms with Crippen LogP contribution in [-0.2, 0) is 32.1 Å². The number of rotatable bonds is 10. The minimum Gasteiger partial charge on any atom is -0.347 e.